The van der Waals surface area contributed by atoms with Crippen LogP contribution in [0.1, 0.15) is 56.3 Å². The Bertz CT molecular complexity index is 928. The van der Waals surface area contributed by atoms with Gasteiger partial charge >= 0.3 is 0 Å². The topological polar surface area (TPSA) is 98.2 Å². The van der Waals surface area contributed by atoms with Crippen LogP contribution in [-0.4, -0.2) is 46.4 Å². The van der Waals surface area contributed by atoms with Crippen molar-refractivity contribution in [3.8, 4) is 0 Å². The highest BCUT2D eigenvalue weighted by Gasteiger charge is 2.13. The quantitative estimate of drug-likeness (QED) is 0.140. The Kier molecular flexibility index (Phi) is 11.7. The second-order valence-electron chi connectivity index (χ2n) is 8.65. The number of ether oxygens (including phenoxy) is 1. The average Bonchev–Trinajstić information content (AvgIpc) is 3.23. The smallest absolute Gasteiger partial charge is 0.191 e. The molecule has 34 heavy (non-hydrogen) atoms. The summed E-state index contributed by atoms with van der Waals surface area (Å²) in [7, 11) is 1.73. The van der Waals surface area contributed by atoms with Gasteiger partial charge in [0.05, 0.1) is 0 Å². The van der Waals surface area contributed by atoms with Crippen molar-refractivity contribution in [1.29, 1.82) is 0 Å². The van der Waals surface area contributed by atoms with Gasteiger partial charge in [0.2, 0.25) is 0 Å². The number of nitrogens with one attached hydrogen (secondary N) is 1. The number of aromatic nitrogens is 3. The number of allylic oxidation sites excluding steroid dienone is 3. The number of aliphatic hydroxyl groups is 1. The number of thioether (sulfide) groups is 1. The molecule has 7 nitrogen and oxygen atoms in total. The minimum Gasteiger partial charge on any atom is -0.399 e. The van der Waals surface area contributed by atoms with Gasteiger partial charge in [0, 0.05) is 44.7 Å². The maximum absolute atomic E-state index is 10.3. The fourth-order valence-corrected chi connectivity index (χ4v) is 4.92. The van der Waals surface area contributed by atoms with Gasteiger partial charge in [-0.2, -0.15) is 0 Å². The number of unbranched alkanes of at least 4 members (excludes halogenated alkanes) is 1. The number of anilines is 1. The largest absolute Gasteiger partial charge is 0.399 e. The van der Waals surface area contributed by atoms with Gasteiger partial charge in [-0.05, 0) is 62.6 Å². The molecule has 186 valence electrons. The molecule has 0 saturated heterocycles. The predicted octanol–water partition coefficient (Wildman–Crippen LogP) is 4.48. The molecule has 1 aromatic heterocycles. The number of rotatable bonds is 16. The van der Waals surface area contributed by atoms with Crippen molar-refractivity contribution in [3.05, 3.63) is 59.5 Å². The summed E-state index contributed by atoms with van der Waals surface area (Å²) in [4.78, 5) is 0. The van der Waals surface area contributed by atoms with Crippen LogP contribution in [0.15, 0.2) is 53.2 Å². The van der Waals surface area contributed by atoms with Gasteiger partial charge in [-0.3, -0.25) is 5.32 Å². The first-order valence-electron chi connectivity index (χ1n) is 12.3. The van der Waals surface area contributed by atoms with Crippen LogP contribution in [0.3, 0.4) is 0 Å². The Hall–Kier alpha value is -2.13. The number of hydrogen-bond acceptors (Lipinski definition) is 7. The number of nitrogen functional groups attached to an aromatic ring is 1. The maximum atomic E-state index is 10.3. The van der Waals surface area contributed by atoms with Crippen LogP contribution in [0, 0.1) is 0 Å². The summed E-state index contributed by atoms with van der Waals surface area (Å²) in [6, 6.07) is 7.96. The van der Waals surface area contributed by atoms with Crippen molar-refractivity contribution < 1.29 is 9.84 Å². The summed E-state index contributed by atoms with van der Waals surface area (Å²) in [5.74, 6) is 1.81. The molecule has 2 aromatic rings. The number of nitrogens with zero attached hydrogens (tertiary/aromatic N) is 3. The molecule has 3 rings (SSSR count). The standard InChI is InChI=1S/C26H39N5O2S/c1-33-18-8-17-31-24(29-30-26(31)34-20-22-11-7-12-23(27)19-22)13-5-6-14-25(32)28-16-15-21-9-3-2-4-10-21/h3,7,9-12,19,25,28,32H,2,4-6,8,13-18,20,27H2,1H3. The highest BCUT2D eigenvalue weighted by atomic mass is 32.2. The fraction of sp³-hybridized carbons (Fsp3) is 0.538. The molecule has 0 radical (unpaired) electrons. The summed E-state index contributed by atoms with van der Waals surface area (Å²) in [5.41, 5.74) is 9.23. The van der Waals surface area contributed by atoms with E-state index in [1.54, 1.807) is 18.9 Å². The number of aryl methyl sites for hydroxylation is 1. The summed E-state index contributed by atoms with van der Waals surface area (Å²) >= 11 is 1.69. The number of aliphatic hydroxyl groups excluding tert-OH is 1. The molecular formula is C26H39N5O2S. The highest BCUT2D eigenvalue weighted by molar-refractivity contribution is 7.98. The molecule has 1 aliphatic rings. The lowest BCUT2D eigenvalue weighted by atomic mass is 10.0. The second kappa shape index (κ2) is 15.0. The van der Waals surface area contributed by atoms with Crippen molar-refractivity contribution in [2.24, 2.45) is 0 Å². The van der Waals surface area contributed by atoms with Crippen molar-refractivity contribution in [3.63, 3.8) is 0 Å². The second-order valence-corrected chi connectivity index (χ2v) is 9.60. The van der Waals surface area contributed by atoms with Gasteiger partial charge in [0.25, 0.3) is 0 Å². The van der Waals surface area contributed by atoms with Gasteiger partial charge in [0.15, 0.2) is 5.16 Å². The molecule has 1 aliphatic carbocycles. The first kappa shape index (κ1) is 26.5. The SMILES string of the molecule is COCCCn1c(CCCCC(O)NCCC2=CCCC=C2)nnc1SCc1cccc(N)c1. The molecule has 0 amide bonds. The molecule has 0 spiro atoms. The average molecular weight is 486 g/mol. The zero-order valence-corrected chi connectivity index (χ0v) is 21.1. The van der Waals surface area contributed by atoms with E-state index < -0.39 is 6.23 Å². The summed E-state index contributed by atoms with van der Waals surface area (Å²) in [5, 5.41) is 23.4. The zero-order valence-electron chi connectivity index (χ0n) is 20.3. The highest BCUT2D eigenvalue weighted by Crippen LogP contribution is 2.24. The van der Waals surface area contributed by atoms with E-state index >= 15 is 0 Å². The lowest BCUT2D eigenvalue weighted by Crippen LogP contribution is -2.29. The van der Waals surface area contributed by atoms with Crippen molar-refractivity contribution in [2.45, 2.75) is 75.0 Å². The Balaban J connectivity index is 1.43. The third kappa shape index (κ3) is 9.25. The van der Waals surface area contributed by atoms with Gasteiger partial charge in [-0.25, -0.2) is 0 Å². The molecule has 1 atom stereocenters. The first-order chi connectivity index (χ1) is 16.7. The molecule has 0 saturated carbocycles. The van der Waals surface area contributed by atoms with Gasteiger partial charge < -0.3 is 20.1 Å². The molecule has 0 fully saturated rings. The molecule has 8 heteroatoms. The number of methoxy groups -OCH3 is 1. The third-order valence-electron chi connectivity index (χ3n) is 5.84. The molecule has 1 heterocycles. The van der Waals surface area contributed by atoms with E-state index in [0.717, 1.165) is 86.9 Å². The number of benzene rings is 1. The van der Waals surface area contributed by atoms with E-state index in [0.29, 0.717) is 6.61 Å². The minimum absolute atomic E-state index is 0.461. The molecule has 4 N–H and O–H groups in total. The van der Waals surface area contributed by atoms with Crippen LogP contribution < -0.4 is 11.1 Å². The van der Waals surface area contributed by atoms with Crippen molar-refractivity contribution in [2.75, 3.05) is 26.0 Å². The Labute approximate surface area is 207 Å². The molecule has 0 bridgehead atoms. The van der Waals surface area contributed by atoms with E-state index in [1.807, 2.05) is 18.2 Å². The molecule has 1 unspecified atom stereocenters. The lowest BCUT2D eigenvalue weighted by molar-refractivity contribution is 0.125. The monoisotopic (exact) mass is 485 g/mol. The van der Waals surface area contributed by atoms with E-state index in [-0.39, 0.29) is 0 Å². The predicted molar refractivity (Wildman–Crippen MR) is 140 cm³/mol. The van der Waals surface area contributed by atoms with Crippen molar-refractivity contribution in [1.82, 2.24) is 20.1 Å². The summed E-state index contributed by atoms with van der Waals surface area (Å²) < 4.78 is 7.46. The molecule has 0 aliphatic heterocycles. The normalized spacial score (nSPS) is 14.4. The van der Waals surface area contributed by atoms with Crippen LogP contribution in [-0.2, 0) is 23.5 Å². The third-order valence-corrected chi connectivity index (χ3v) is 6.87. The van der Waals surface area contributed by atoms with Crippen LogP contribution in [0.2, 0.25) is 0 Å². The first-order valence-corrected chi connectivity index (χ1v) is 13.3. The van der Waals surface area contributed by atoms with Crippen LogP contribution in [0.5, 0.6) is 0 Å². The number of hydrogen-bond donors (Lipinski definition) is 3. The zero-order chi connectivity index (χ0) is 24.0. The van der Waals surface area contributed by atoms with Crippen LogP contribution in [0.4, 0.5) is 5.69 Å². The number of nitrogens with two attached hydrogens (primary N) is 1. The van der Waals surface area contributed by atoms with E-state index in [9.17, 15) is 5.11 Å². The van der Waals surface area contributed by atoms with Crippen LogP contribution >= 0.6 is 11.8 Å². The Morgan fingerprint density at radius 3 is 2.91 bits per heavy atom. The van der Waals surface area contributed by atoms with E-state index in [1.165, 1.54) is 11.1 Å². The van der Waals surface area contributed by atoms with Crippen molar-refractivity contribution >= 4 is 17.4 Å². The Morgan fingerprint density at radius 1 is 1.21 bits per heavy atom. The van der Waals surface area contributed by atoms with Gasteiger partial charge in [0.1, 0.15) is 12.1 Å². The van der Waals surface area contributed by atoms with E-state index in [2.05, 4.69) is 44.4 Å². The summed E-state index contributed by atoms with van der Waals surface area (Å²) in [6.45, 7) is 2.35. The van der Waals surface area contributed by atoms with Gasteiger partial charge in [-0.15, -0.1) is 10.2 Å². The van der Waals surface area contributed by atoms with Crippen LogP contribution in [0.25, 0.3) is 0 Å². The summed E-state index contributed by atoms with van der Waals surface area (Å²) in [6.07, 6.45) is 13.9. The minimum atomic E-state index is -0.461. The van der Waals surface area contributed by atoms with E-state index in [4.69, 9.17) is 10.5 Å². The molecular weight excluding hydrogens is 446 g/mol. The lowest BCUT2D eigenvalue weighted by Gasteiger charge is -2.14. The maximum Gasteiger partial charge on any atom is 0.191 e. The fourth-order valence-electron chi connectivity index (χ4n) is 3.99. The van der Waals surface area contributed by atoms with Gasteiger partial charge in [-0.1, -0.05) is 47.7 Å². The molecule has 1 aromatic carbocycles. The Morgan fingerprint density at radius 2 is 2.12 bits per heavy atom.